The van der Waals surface area contributed by atoms with Crippen LogP contribution in [-0.2, 0) is 24.1 Å². The summed E-state index contributed by atoms with van der Waals surface area (Å²) in [6.45, 7) is 6.55. The van der Waals surface area contributed by atoms with E-state index in [4.69, 9.17) is 4.74 Å². The first-order chi connectivity index (χ1) is 15.1. The van der Waals surface area contributed by atoms with Crippen LogP contribution >= 0.6 is 11.3 Å². The van der Waals surface area contributed by atoms with Crippen molar-refractivity contribution in [2.75, 3.05) is 25.0 Å². The summed E-state index contributed by atoms with van der Waals surface area (Å²) < 4.78 is 5.72. The van der Waals surface area contributed by atoms with E-state index in [9.17, 15) is 4.79 Å². The molecular weight excluding hydrogens is 408 g/mol. The highest BCUT2D eigenvalue weighted by Gasteiger charge is 2.23. The number of ether oxygens (including phenoxy) is 1. The van der Waals surface area contributed by atoms with Gasteiger partial charge in [0, 0.05) is 44.9 Å². The monoisotopic (exact) mass is 434 g/mol. The lowest BCUT2D eigenvalue weighted by Gasteiger charge is -2.27. The number of pyridine rings is 1. The van der Waals surface area contributed by atoms with Gasteiger partial charge in [-0.2, -0.15) is 0 Å². The summed E-state index contributed by atoms with van der Waals surface area (Å²) in [6.07, 6.45) is 6.82. The van der Waals surface area contributed by atoms with Gasteiger partial charge < -0.3 is 10.1 Å². The van der Waals surface area contributed by atoms with Crippen LogP contribution in [0, 0.1) is 0 Å². The molecule has 0 saturated carbocycles. The molecule has 0 saturated heterocycles. The standard InChI is InChI=1S/C24H26N4O2S/c1-15(20-12-22-21(25-13-20)7-10-30-22)28-8-5-17-3-4-19(11-18(17)6-9-28)23-14-26-24(31-23)27-16(2)29/h3-4,11-15H,5-10H2,1-2H3,(H,26,27,29). The van der Waals surface area contributed by atoms with Gasteiger partial charge in [-0.05, 0) is 54.2 Å². The van der Waals surface area contributed by atoms with Crippen molar-refractivity contribution in [1.82, 2.24) is 14.9 Å². The SMILES string of the molecule is CC(=O)Nc1ncc(-c2ccc3c(c2)CCN(C(C)c2cnc4c(c2)OCC4)CC3)s1. The molecule has 160 valence electrons. The summed E-state index contributed by atoms with van der Waals surface area (Å²) in [5.41, 5.74) is 6.28. The van der Waals surface area contributed by atoms with E-state index in [0.717, 1.165) is 60.8 Å². The van der Waals surface area contributed by atoms with Gasteiger partial charge in [-0.15, -0.1) is 0 Å². The lowest BCUT2D eigenvalue weighted by atomic mass is 10.00. The lowest BCUT2D eigenvalue weighted by molar-refractivity contribution is -0.114. The Morgan fingerprint density at radius 2 is 1.97 bits per heavy atom. The second-order valence-electron chi connectivity index (χ2n) is 8.22. The van der Waals surface area contributed by atoms with E-state index in [0.29, 0.717) is 11.2 Å². The quantitative estimate of drug-likeness (QED) is 0.665. The normalized spacial score (nSPS) is 16.7. The number of hydrogen-bond acceptors (Lipinski definition) is 6. The lowest BCUT2D eigenvalue weighted by Crippen LogP contribution is -2.29. The Labute approximate surface area is 186 Å². The van der Waals surface area contributed by atoms with Crippen LogP contribution < -0.4 is 10.1 Å². The van der Waals surface area contributed by atoms with Crippen molar-refractivity contribution in [2.24, 2.45) is 0 Å². The zero-order valence-electron chi connectivity index (χ0n) is 17.9. The van der Waals surface area contributed by atoms with Crippen LogP contribution in [0.15, 0.2) is 36.7 Å². The highest BCUT2D eigenvalue weighted by atomic mass is 32.1. The molecule has 0 radical (unpaired) electrons. The number of fused-ring (bicyclic) bond motifs is 2. The number of carbonyl (C=O) groups excluding carboxylic acids is 1. The Hall–Kier alpha value is -2.77. The summed E-state index contributed by atoms with van der Waals surface area (Å²) in [5, 5.41) is 3.41. The van der Waals surface area contributed by atoms with Crippen LogP contribution in [0.1, 0.15) is 42.3 Å². The minimum atomic E-state index is -0.0952. The third-order valence-corrected chi connectivity index (χ3v) is 7.16. The number of aromatic nitrogens is 2. The molecule has 2 aliphatic rings. The molecule has 0 spiro atoms. The van der Waals surface area contributed by atoms with E-state index in [-0.39, 0.29) is 5.91 Å². The molecular formula is C24H26N4O2S. The maximum atomic E-state index is 11.3. The van der Waals surface area contributed by atoms with Crippen LogP contribution in [-0.4, -0.2) is 40.5 Å². The average molecular weight is 435 g/mol. The van der Waals surface area contributed by atoms with Crippen molar-refractivity contribution in [1.29, 1.82) is 0 Å². The molecule has 1 amide bonds. The van der Waals surface area contributed by atoms with Gasteiger partial charge in [-0.1, -0.05) is 23.5 Å². The maximum Gasteiger partial charge on any atom is 0.223 e. The molecule has 7 heteroatoms. The summed E-state index contributed by atoms with van der Waals surface area (Å²) >= 11 is 1.51. The fraction of sp³-hybridized carbons (Fsp3) is 0.375. The van der Waals surface area contributed by atoms with Crippen LogP contribution in [0.5, 0.6) is 5.75 Å². The molecule has 0 aliphatic carbocycles. The molecule has 0 fully saturated rings. The molecule has 0 bridgehead atoms. The number of amides is 1. The number of benzene rings is 1. The van der Waals surface area contributed by atoms with Gasteiger partial charge in [0.05, 0.1) is 17.2 Å². The maximum absolute atomic E-state index is 11.3. The fourth-order valence-electron chi connectivity index (χ4n) is 4.40. The van der Waals surface area contributed by atoms with Crippen molar-refractivity contribution in [2.45, 2.75) is 39.2 Å². The van der Waals surface area contributed by atoms with Gasteiger partial charge in [0.15, 0.2) is 5.13 Å². The van der Waals surface area contributed by atoms with Gasteiger partial charge >= 0.3 is 0 Å². The number of rotatable bonds is 4. The molecule has 6 nitrogen and oxygen atoms in total. The Kier molecular flexibility index (Phi) is 5.46. The summed E-state index contributed by atoms with van der Waals surface area (Å²) in [4.78, 5) is 23.8. The smallest absolute Gasteiger partial charge is 0.223 e. The molecule has 2 aliphatic heterocycles. The first-order valence-corrected chi connectivity index (χ1v) is 11.6. The molecule has 1 unspecified atom stereocenters. The number of hydrogen-bond donors (Lipinski definition) is 1. The predicted octanol–water partition coefficient (Wildman–Crippen LogP) is 4.26. The number of nitrogens with zero attached hydrogens (tertiary/aromatic N) is 3. The fourth-order valence-corrected chi connectivity index (χ4v) is 5.26. The van der Waals surface area contributed by atoms with Gasteiger partial charge in [-0.25, -0.2) is 4.98 Å². The zero-order valence-corrected chi connectivity index (χ0v) is 18.7. The number of carbonyl (C=O) groups is 1. The third-order valence-electron chi connectivity index (χ3n) is 6.19. The highest BCUT2D eigenvalue weighted by molar-refractivity contribution is 7.19. The van der Waals surface area contributed by atoms with Crippen LogP contribution in [0.25, 0.3) is 10.4 Å². The van der Waals surface area contributed by atoms with Gasteiger partial charge in [-0.3, -0.25) is 14.7 Å². The zero-order chi connectivity index (χ0) is 21.4. The molecule has 2 aromatic heterocycles. The van der Waals surface area contributed by atoms with E-state index in [1.165, 1.54) is 35.0 Å². The summed E-state index contributed by atoms with van der Waals surface area (Å²) in [5.74, 6) is 0.859. The summed E-state index contributed by atoms with van der Waals surface area (Å²) in [7, 11) is 0. The largest absolute Gasteiger partial charge is 0.491 e. The van der Waals surface area contributed by atoms with Crippen LogP contribution in [0.2, 0.25) is 0 Å². The van der Waals surface area contributed by atoms with E-state index in [1.54, 1.807) is 0 Å². The molecule has 1 N–H and O–H groups in total. The molecule has 31 heavy (non-hydrogen) atoms. The van der Waals surface area contributed by atoms with Crippen LogP contribution in [0.3, 0.4) is 0 Å². The first kappa shape index (κ1) is 20.2. The molecule has 3 aromatic rings. The van der Waals surface area contributed by atoms with Crippen molar-refractivity contribution in [3.63, 3.8) is 0 Å². The average Bonchev–Trinajstić information content (AvgIpc) is 3.37. The van der Waals surface area contributed by atoms with Crippen molar-refractivity contribution >= 4 is 22.4 Å². The predicted molar refractivity (Wildman–Crippen MR) is 123 cm³/mol. The van der Waals surface area contributed by atoms with Crippen molar-refractivity contribution in [3.8, 4) is 16.2 Å². The van der Waals surface area contributed by atoms with E-state index in [2.05, 4.69) is 51.4 Å². The van der Waals surface area contributed by atoms with Crippen LogP contribution in [0.4, 0.5) is 5.13 Å². The van der Waals surface area contributed by atoms with Gasteiger partial charge in [0.1, 0.15) is 5.75 Å². The van der Waals surface area contributed by atoms with E-state index in [1.807, 2.05) is 12.4 Å². The second kappa shape index (κ2) is 8.40. The summed E-state index contributed by atoms with van der Waals surface area (Å²) in [6, 6.07) is 9.19. The third kappa shape index (κ3) is 4.20. The minimum absolute atomic E-state index is 0.0952. The first-order valence-electron chi connectivity index (χ1n) is 10.8. The Morgan fingerprint density at radius 1 is 1.13 bits per heavy atom. The Bertz CT molecular complexity index is 1130. The number of nitrogens with one attached hydrogen (secondary N) is 1. The van der Waals surface area contributed by atoms with Crippen molar-refractivity contribution in [3.05, 3.63) is 59.0 Å². The molecule has 4 heterocycles. The van der Waals surface area contributed by atoms with E-state index >= 15 is 0 Å². The van der Waals surface area contributed by atoms with Gasteiger partial charge in [0.25, 0.3) is 0 Å². The Balaban J connectivity index is 1.31. The van der Waals surface area contributed by atoms with Gasteiger partial charge in [0.2, 0.25) is 5.91 Å². The number of thiazole rings is 1. The van der Waals surface area contributed by atoms with Crippen molar-refractivity contribution < 1.29 is 9.53 Å². The molecule has 1 atom stereocenters. The molecule has 5 rings (SSSR count). The highest BCUT2D eigenvalue weighted by Crippen LogP contribution is 2.33. The topological polar surface area (TPSA) is 67.4 Å². The Morgan fingerprint density at radius 3 is 2.81 bits per heavy atom. The minimum Gasteiger partial charge on any atom is -0.491 e. The van der Waals surface area contributed by atoms with E-state index < -0.39 is 0 Å². The molecule has 1 aromatic carbocycles. The second-order valence-corrected chi connectivity index (χ2v) is 9.25. The number of anilines is 1.